The zero-order valence-electron chi connectivity index (χ0n) is 10.1. The average molecular weight is 267 g/mol. The fourth-order valence-corrected chi connectivity index (χ4v) is 2.24. The van der Waals surface area contributed by atoms with Crippen molar-refractivity contribution in [3.05, 3.63) is 45.9 Å². The molecule has 2 aromatic rings. The summed E-state index contributed by atoms with van der Waals surface area (Å²) >= 11 is 11.4. The van der Waals surface area contributed by atoms with Crippen molar-refractivity contribution in [2.75, 3.05) is 0 Å². The fraction of sp³-hybridized carbons (Fsp3) is 0.308. The zero-order chi connectivity index (χ0) is 12.6. The van der Waals surface area contributed by atoms with Crippen molar-refractivity contribution in [2.45, 2.75) is 26.2 Å². The molecule has 0 aliphatic rings. The molecule has 0 spiro atoms. The summed E-state index contributed by atoms with van der Waals surface area (Å²) in [4.78, 5) is 3.10. The Labute approximate surface area is 111 Å². The van der Waals surface area contributed by atoms with E-state index in [9.17, 15) is 0 Å². The lowest BCUT2D eigenvalue weighted by Crippen LogP contribution is -2.16. The van der Waals surface area contributed by atoms with E-state index in [1.54, 1.807) is 0 Å². The van der Waals surface area contributed by atoms with E-state index in [1.165, 1.54) is 0 Å². The maximum atomic E-state index is 6.02. The predicted molar refractivity (Wildman–Crippen MR) is 74.7 cm³/mol. The highest BCUT2D eigenvalue weighted by molar-refractivity contribution is 7.71. The molecule has 0 atom stereocenters. The quantitative estimate of drug-likeness (QED) is 0.755. The second-order valence-corrected chi connectivity index (χ2v) is 5.87. The summed E-state index contributed by atoms with van der Waals surface area (Å²) in [6.45, 7) is 6.48. The molecule has 0 aliphatic heterocycles. The molecule has 1 aromatic heterocycles. The van der Waals surface area contributed by atoms with Crippen LogP contribution in [0.15, 0.2) is 30.5 Å². The van der Waals surface area contributed by atoms with Gasteiger partial charge in [-0.25, -0.2) is 0 Å². The van der Waals surface area contributed by atoms with Crippen molar-refractivity contribution in [3.8, 4) is 5.69 Å². The topological polar surface area (TPSA) is 20.7 Å². The Morgan fingerprint density at radius 2 is 2.00 bits per heavy atom. The van der Waals surface area contributed by atoms with Crippen molar-refractivity contribution in [2.24, 2.45) is 0 Å². The minimum atomic E-state index is 0.0237. The molecule has 1 N–H and O–H groups in total. The lowest BCUT2D eigenvalue weighted by Gasteiger charge is -2.20. The second-order valence-electron chi connectivity index (χ2n) is 5.04. The van der Waals surface area contributed by atoms with Crippen LogP contribution in [0.2, 0.25) is 5.02 Å². The summed E-state index contributed by atoms with van der Waals surface area (Å²) in [7, 11) is 0. The van der Waals surface area contributed by atoms with Crippen LogP contribution >= 0.6 is 23.8 Å². The molecule has 0 radical (unpaired) electrons. The number of nitrogens with zero attached hydrogens (tertiary/aromatic N) is 1. The van der Waals surface area contributed by atoms with Crippen LogP contribution < -0.4 is 0 Å². The average Bonchev–Trinajstić information content (AvgIpc) is 2.59. The molecule has 0 bridgehead atoms. The fourth-order valence-electron chi connectivity index (χ4n) is 1.79. The minimum Gasteiger partial charge on any atom is -0.337 e. The normalized spacial score (nSPS) is 11.8. The van der Waals surface area contributed by atoms with Gasteiger partial charge in [-0.05, 0) is 30.4 Å². The Morgan fingerprint density at radius 3 is 2.59 bits per heavy atom. The van der Waals surface area contributed by atoms with Gasteiger partial charge >= 0.3 is 0 Å². The second kappa shape index (κ2) is 4.31. The molecule has 0 unspecified atom stereocenters. The van der Waals surface area contributed by atoms with E-state index < -0.39 is 0 Å². The molecule has 4 heteroatoms. The van der Waals surface area contributed by atoms with Gasteiger partial charge in [0.1, 0.15) is 0 Å². The Kier molecular flexibility index (Phi) is 3.15. The van der Waals surface area contributed by atoms with Crippen LogP contribution in [0.3, 0.4) is 0 Å². The molecule has 2 nitrogen and oxygen atoms in total. The van der Waals surface area contributed by atoms with Crippen LogP contribution in [0.4, 0.5) is 0 Å². The third-order valence-corrected chi connectivity index (χ3v) is 3.15. The van der Waals surface area contributed by atoms with Crippen LogP contribution in [-0.2, 0) is 5.41 Å². The molecule has 0 fully saturated rings. The van der Waals surface area contributed by atoms with Gasteiger partial charge in [0.2, 0.25) is 0 Å². The van der Waals surface area contributed by atoms with E-state index in [2.05, 4.69) is 25.8 Å². The van der Waals surface area contributed by atoms with E-state index in [0.717, 1.165) is 11.4 Å². The number of halogens is 1. The maximum absolute atomic E-state index is 6.02. The molecular weight excluding hydrogens is 252 g/mol. The first-order valence-electron chi connectivity index (χ1n) is 5.46. The van der Waals surface area contributed by atoms with E-state index in [-0.39, 0.29) is 5.41 Å². The van der Waals surface area contributed by atoms with Crippen molar-refractivity contribution >= 4 is 23.8 Å². The number of nitrogens with one attached hydrogen (secondary N) is 1. The molecule has 90 valence electrons. The first-order valence-corrected chi connectivity index (χ1v) is 6.25. The summed E-state index contributed by atoms with van der Waals surface area (Å²) in [5, 5.41) is 0.713. The van der Waals surface area contributed by atoms with Gasteiger partial charge in [0.15, 0.2) is 4.77 Å². The third-order valence-electron chi connectivity index (χ3n) is 2.61. The van der Waals surface area contributed by atoms with Crippen molar-refractivity contribution in [1.29, 1.82) is 0 Å². The summed E-state index contributed by atoms with van der Waals surface area (Å²) in [6, 6.07) is 7.71. The van der Waals surface area contributed by atoms with Crippen molar-refractivity contribution < 1.29 is 0 Å². The highest BCUT2D eigenvalue weighted by atomic mass is 35.5. The number of H-pyrrole nitrogens is 1. The van der Waals surface area contributed by atoms with Gasteiger partial charge in [-0.3, -0.25) is 4.57 Å². The maximum Gasteiger partial charge on any atom is 0.182 e. The summed E-state index contributed by atoms with van der Waals surface area (Å²) in [5.41, 5.74) is 2.16. The standard InChI is InChI=1S/C13H15ClN2S/c1-13(2,3)11-8-15-12(17)16(11)10-6-4-5-9(14)7-10/h4-8H,1-3H3,(H,15,17). The molecule has 0 aliphatic carbocycles. The summed E-state index contributed by atoms with van der Waals surface area (Å²) in [6.07, 6.45) is 1.96. The highest BCUT2D eigenvalue weighted by Crippen LogP contribution is 2.26. The number of aromatic nitrogens is 2. The van der Waals surface area contributed by atoms with E-state index >= 15 is 0 Å². The van der Waals surface area contributed by atoms with Gasteiger partial charge in [-0.1, -0.05) is 38.4 Å². The lowest BCUT2D eigenvalue weighted by molar-refractivity contribution is 0.556. The van der Waals surface area contributed by atoms with Gasteiger partial charge in [0.05, 0.1) is 0 Å². The van der Waals surface area contributed by atoms with Gasteiger partial charge in [-0.15, -0.1) is 0 Å². The van der Waals surface area contributed by atoms with Crippen LogP contribution in [0.5, 0.6) is 0 Å². The number of benzene rings is 1. The lowest BCUT2D eigenvalue weighted by atomic mass is 9.92. The molecule has 0 amide bonds. The Balaban J connectivity index is 2.67. The van der Waals surface area contributed by atoms with E-state index in [0.29, 0.717) is 9.79 Å². The van der Waals surface area contributed by atoms with Crippen LogP contribution in [0, 0.1) is 4.77 Å². The van der Waals surface area contributed by atoms with E-state index in [1.807, 2.05) is 35.0 Å². The number of aromatic amines is 1. The number of rotatable bonds is 1. The summed E-state index contributed by atoms with van der Waals surface area (Å²) in [5.74, 6) is 0. The monoisotopic (exact) mass is 266 g/mol. The number of hydrogen-bond donors (Lipinski definition) is 1. The van der Waals surface area contributed by atoms with E-state index in [4.69, 9.17) is 23.8 Å². The Bertz CT molecular complexity index is 590. The van der Waals surface area contributed by atoms with Gasteiger partial charge in [-0.2, -0.15) is 0 Å². The van der Waals surface area contributed by atoms with Crippen LogP contribution in [0.1, 0.15) is 26.5 Å². The van der Waals surface area contributed by atoms with Gasteiger partial charge in [0.25, 0.3) is 0 Å². The first kappa shape index (κ1) is 12.4. The Morgan fingerprint density at radius 1 is 1.29 bits per heavy atom. The van der Waals surface area contributed by atoms with Crippen LogP contribution in [0.25, 0.3) is 5.69 Å². The third kappa shape index (κ3) is 2.45. The molecule has 1 aromatic carbocycles. The molecule has 1 heterocycles. The van der Waals surface area contributed by atoms with Crippen molar-refractivity contribution in [1.82, 2.24) is 9.55 Å². The SMILES string of the molecule is CC(C)(C)c1c[nH]c(=S)n1-c1cccc(Cl)c1. The molecule has 0 saturated carbocycles. The Hall–Kier alpha value is -1.06. The largest absolute Gasteiger partial charge is 0.337 e. The molecular formula is C13H15ClN2S. The first-order chi connectivity index (χ1) is 7.89. The predicted octanol–water partition coefficient (Wildman–Crippen LogP) is 4.49. The van der Waals surface area contributed by atoms with Crippen molar-refractivity contribution in [3.63, 3.8) is 0 Å². The zero-order valence-corrected chi connectivity index (χ0v) is 11.7. The number of hydrogen-bond acceptors (Lipinski definition) is 1. The molecule has 17 heavy (non-hydrogen) atoms. The highest BCUT2D eigenvalue weighted by Gasteiger charge is 2.20. The molecule has 2 rings (SSSR count). The number of imidazole rings is 1. The minimum absolute atomic E-state index is 0.0237. The van der Waals surface area contributed by atoms with Gasteiger partial charge < -0.3 is 4.98 Å². The smallest absolute Gasteiger partial charge is 0.182 e. The van der Waals surface area contributed by atoms with Gasteiger partial charge in [0, 0.05) is 28.0 Å². The summed E-state index contributed by atoms with van der Waals surface area (Å²) < 4.78 is 2.72. The van der Waals surface area contributed by atoms with Crippen LogP contribution in [-0.4, -0.2) is 9.55 Å². The molecule has 0 saturated heterocycles.